The van der Waals surface area contributed by atoms with Crippen LogP contribution < -0.4 is 9.47 Å². The van der Waals surface area contributed by atoms with Crippen LogP contribution in [0.2, 0.25) is 5.15 Å². The van der Waals surface area contributed by atoms with E-state index in [2.05, 4.69) is 9.97 Å². The normalized spacial score (nSPS) is 10.4. The Kier molecular flexibility index (Phi) is 4.45. The van der Waals surface area contributed by atoms with E-state index in [0.717, 1.165) is 29.0 Å². The predicted octanol–water partition coefficient (Wildman–Crippen LogP) is 3.69. The zero-order valence-corrected chi connectivity index (χ0v) is 12.8. The van der Waals surface area contributed by atoms with Gasteiger partial charge in [-0.05, 0) is 31.5 Å². The molecular formula is C15H17ClN2O2. The summed E-state index contributed by atoms with van der Waals surface area (Å²) >= 11 is 6.23. The number of methoxy groups -OCH3 is 2. The van der Waals surface area contributed by atoms with Gasteiger partial charge in [0.1, 0.15) is 16.7 Å². The monoisotopic (exact) mass is 292 g/mol. The van der Waals surface area contributed by atoms with Crippen molar-refractivity contribution in [3.8, 4) is 22.9 Å². The number of nitrogens with zero attached hydrogens (tertiary/aromatic N) is 2. The van der Waals surface area contributed by atoms with Crippen molar-refractivity contribution < 1.29 is 9.47 Å². The van der Waals surface area contributed by atoms with Crippen LogP contribution >= 0.6 is 11.6 Å². The maximum absolute atomic E-state index is 6.23. The molecular weight excluding hydrogens is 276 g/mol. The molecule has 0 fully saturated rings. The zero-order valence-electron chi connectivity index (χ0n) is 12.0. The Morgan fingerprint density at radius 3 is 2.45 bits per heavy atom. The highest BCUT2D eigenvalue weighted by Crippen LogP contribution is 2.32. The van der Waals surface area contributed by atoms with E-state index in [1.807, 2.05) is 32.0 Å². The highest BCUT2D eigenvalue weighted by atomic mass is 35.5. The van der Waals surface area contributed by atoms with Crippen molar-refractivity contribution in [3.63, 3.8) is 0 Å². The van der Waals surface area contributed by atoms with E-state index in [0.29, 0.717) is 16.7 Å². The Bertz CT molecular complexity index is 606. The first kappa shape index (κ1) is 14.6. The summed E-state index contributed by atoms with van der Waals surface area (Å²) in [6.45, 7) is 3.96. The first-order chi connectivity index (χ1) is 9.60. The number of ether oxygens (including phenoxy) is 2. The number of hydrogen-bond acceptors (Lipinski definition) is 4. The van der Waals surface area contributed by atoms with Crippen LogP contribution in [0, 0.1) is 6.92 Å². The lowest BCUT2D eigenvalue weighted by Crippen LogP contribution is -2.00. The molecule has 0 saturated carbocycles. The van der Waals surface area contributed by atoms with Crippen molar-refractivity contribution >= 4 is 11.6 Å². The summed E-state index contributed by atoms with van der Waals surface area (Å²) in [6, 6.07) is 5.50. The number of halogens is 1. The molecule has 0 saturated heterocycles. The average Bonchev–Trinajstić information content (AvgIpc) is 2.46. The van der Waals surface area contributed by atoms with Crippen LogP contribution in [0.3, 0.4) is 0 Å². The minimum Gasteiger partial charge on any atom is -0.497 e. The highest BCUT2D eigenvalue weighted by molar-refractivity contribution is 6.30. The van der Waals surface area contributed by atoms with Crippen molar-refractivity contribution in [2.24, 2.45) is 0 Å². The summed E-state index contributed by atoms with van der Waals surface area (Å²) in [5.74, 6) is 1.95. The molecule has 0 aliphatic carbocycles. The van der Waals surface area contributed by atoms with Crippen molar-refractivity contribution in [1.82, 2.24) is 9.97 Å². The van der Waals surface area contributed by atoms with Gasteiger partial charge in [0.2, 0.25) is 0 Å². The van der Waals surface area contributed by atoms with E-state index in [1.165, 1.54) is 0 Å². The van der Waals surface area contributed by atoms with Crippen LogP contribution in [0.1, 0.15) is 18.2 Å². The van der Waals surface area contributed by atoms with E-state index < -0.39 is 0 Å². The first-order valence-electron chi connectivity index (χ1n) is 6.36. The number of hydrogen-bond donors (Lipinski definition) is 0. The maximum atomic E-state index is 6.23. The summed E-state index contributed by atoms with van der Waals surface area (Å²) in [5, 5.41) is 0.486. The minimum absolute atomic E-state index is 0.486. The van der Waals surface area contributed by atoms with Gasteiger partial charge in [-0.3, -0.25) is 0 Å². The third-order valence-electron chi connectivity index (χ3n) is 3.16. The molecule has 0 radical (unpaired) electrons. The van der Waals surface area contributed by atoms with E-state index in [1.54, 1.807) is 14.2 Å². The van der Waals surface area contributed by atoms with Gasteiger partial charge >= 0.3 is 0 Å². The Hall–Kier alpha value is -1.81. The van der Waals surface area contributed by atoms with Crippen LogP contribution in [0.25, 0.3) is 11.4 Å². The van der Waals surface area contributed by atoms with E-state index in [-0.39, 0.29) is 0 Å². The lowest BCUT2D eigenvalue weighted by atomic mass is 10.1. The summed E-state index contributed by atoms with van der Waals surface area (Å²) in [4.78, 5) is 8.91. The Labute approximate surface area is 123 Å². The molecule has 5 heteroatoms. The molecule has 0 aliphatic heterocycles. The molecule has 0 unspecified atom stereocenters. The number of aromatic nitrogens is 2. The van der Waals surface area contributed by atoms with Crippen molar-refractivity contribution in [2.45, 2.75) is 20.3 Å². The second-order valence-electron chi connectivity index (χ2n) is 4.32. The minimum atomic E-state index is 0.486. The molecule has 1 aromatic heterocycles. The van der Waals surface area contributed by atoms with Crippen LogP contribution in [0.5, 0.6) is 11.5 Å². The van der Waals surface area contributed by atoms with E-state index in [4.69, 9.17) is 21.1 Å². The zero-order chi connectivity index (χ0) is 14.7. The van der Waals surface area contributed by atoms with Crippen molar-refractivity contribution in [1.29, 1.82) is 0 Å². The third kappa shape index (κ3) is 2.70. The topological polar surface area (TPSA) is 44.2 Å². The van der Waals surface area contributed by atoms with E-state index >= 15 is 0 Å². The summed E-state index contributed by atoms with van der Waals surface area (Å²) < 4.78 is 10.6. The molecule has 1 heterocycles. The molecule has 0 bridgehead atoms. The Balaban J connectivity index is 2.61. The van der Waals surface area contributed by atoms with Gasteiger partial charge in [0.25, 0.3) is 0 Å². The molecule has 2 aromatic rings. The molecule has 20 heavy (non-hydrogen) atoms. The molecule has 0 atom stereocenters. The standard InChI is InChI=1S/C15H17ClN2O2/c1-5-11-9(2)17-15(18-14(11)16)12-8-10(19-3)6-7-13(12)20-4/h6-8H,5H2,1-4H3. The maximum Gasteiger partial charge on any atom is 0.164 e. The smallest absolute Gasteiger partial charge is 0.164 e. The molecule has 2 rings (SSSR count). The molecule has 106 valence electrons. The fraction of sp³-hybridized carbons (Fsp3) is 0.333. The molecule has 0 N–H and O–H groups in total. The second kappa shape index (κ2) is 6.09. The highest BCUT2D eigenvalue weighted by Gasteiger charge is 2.14. The van der Waals surface area contributed by atoms with Crippen LogP contribution in [0.4, 0.5) is 0 Å². The summed E-state index contributed by atoms with van der Waals surface area (Å²) in [6.07, 6.45) is 0.806. The quantitative estimate of drug-likeness (QED) is 0.806. The molecule has 0 aliphatic rings. The lowest BCUT2D eigenvalue weighted by molar-refractivity contribution is 0.404. The van der Waals surface area contributed by atoms with Crippen molar-refractivity contribution in [2.75, 3.05) is 14.2 Å². The van der Waals surface area contributed by atoms with Crippen LogP contribution in [-0.4, -0.2) is 24.2 Å². The molecule has 0 amide bonds. The molecule has 0 spiro atoms. The summed E-state index contributed by atoms with van der Waals surface area (Å²) in [5.41, 5.74) is 2.61. The number of benzene rings is 1. The van der Waals surface area contributed by atoms with Crippen LogP contribution in [0.15, 0.2) is 18.2 Å². The van der Waals surface area contributed by atoms with Gasteiger partial charge in [-0.25, -0.2) is 9.97 Å². The van der Waals surface area contributed by atoms with Gasteiger partial charge in [0, 0.05) is 11.3 Å². The molecule has 1 aromatic carbocycles. The first-order valence-corrected chi connectivity index (χ1v) is 6.73. The predicted molar refractivity (Wildman–Crippen MR) is 79.7 cm³/mol. The fourth-order valence-corrected chi connectivity index (χ4v) is 2.42. The third-order valence-corrected chi connectivity index (χ3v) is 3.48. The number of aryl methyl sites for hydroxylation is 1. The Morgan fingerprint density at radius 1 is 1.15 bits per heavy atom. The number of rotatable bonds is 4. The van der Waals surface area contributed by atoms with Gasteiger partial charge in [-0.2, -0.15) is 0 Å². The summed E-state index contributed by atoms with van der Waals surface area (Å²) in [7, 11) is 3.23. The van der Waals surface area contributed by atoms with Gasteiger partial charge in [-0.15, -0.1) is 0 Å². The van der Waals surface area contributed by atoms with Crippen molar-refractivity contribution in [3.05, 3.63) is 34.6 Å². The van der Waals surface area contributed by atoms with Gasteiger partial charge in [0.05, 0.1) is 19.8 Å². The fourth-order valence-electron chi connectivity index (χ4n) is 2.07. The Morgan fingerprint density at radius 2 is 1.90 bits per heavy atom. The van der Waals surface area contributed by atoms with Gasteiger partial charge < -0.3 is 9.47 Å². The van der Waals surface area contributed by atoms with Gasteiger partial charge in [-0.1, -0.05) is 18.5 Å². The van der Waals surface area contributed by atoms with E-state index in [9.17, 15) is 0 Å². The average molecular weight is 293 g/mol. The SMILES string of the molecule is CCc1c(C)nc(-c2cc(OC)ccc2OC)nc1Cl. The lowest BCUT2D eigenvalue weighted by Gasteiger charge is -2.12. The largest absolute Gasteiger partial charge is 0.497 e. The molecule has 4 nitrogen and oxygen atoms in total. The second-order valence-corrected chi connectivity index (χ2v) is 4.68. The van der Waals surface area contributed by atoms with Gasteiger partial charge in [0.15, 0.2) is 5.82 Å². The van der Waals surface area contributed by atoms with Crippen LogP contribution in [-0.2, 0) is 6.42 Å².